The van der Waals surface area contributed by atoms with E-state index in [1.165, 1.54) is 25.1 Å². The van der Waals surface area contributed by atoms with Crippen molar-refractivity contribution in [3.05, 3.63) is 29.6 Å². The number of nitrogens with one attached hydrogen (secondary N) is 1. The molecule has 0 aliphatic carbocycles. The van der Waals surface area contributed by atoms with Crippen molar-refractivity contribution >= 4 is 11.6 Å². The van der Waals surface area contributed by atoms with Gasteiger partial charge in [-0.1, -0.05) is 11.8 Å². The summed E-state index contributed by atoms with van der Waals surface area (Å²) in [4.78, 5) is 10.7. The molecule has 1 amide bonds. The average molecular weight is 207 g/mol. The Morgan fingerprint density at radius 3 is 2.93 bits per heavy atom. The van der Waals surface area contributed by atoms with E-state index in [9.17, 15) is 9.18 Å². The molecular formula is C11H10FNO2. The van der Waals surface area contributed by atoms with Gasteiger partial charge in [-0.15, -0.1) is 0 Å². The van der Waals surface area contributed by atoms with Crippen LogP contribution in [0.5, 0.6) is 0 Å². The minimum atomic E-state index is -0.481. The van der Waals surface area contributed by atoms with Crippen LogP contribution in [0.3, 0.4) is 0 Å². The number of anilines is 1. The number of carbonyl (C=O) groups excluding carboxylic acids is 1. The van der Waals surface area contributed by atoms with Gasteiger partial charge in [-0.25, -0.2) is 4.39 Å². The second-order valence-electron chi connectivity index (χ2n) is 2.84. The van der Waals surface area contributed by atoms with E-state index in [2.05, 4.69) is 17.2 Å². The Bertz CT molecular complexity index is 432. The molecule has 3 nitrogen and oxygen atoms in total. The number of hydrogen-bond acceptors (Lipinski definition) is 2. The Labute approximate surface area is 86.9 Å². The van der Waals surface area contributed by atoms with Gasteiger partial charge in [-0.2, -0.15) is 0 Å². The molecule has 0 atom stereocenters. The zero-order chi connectivity index (χ0) is 11.3. The Hall–Kier alpha value is -1.86. The number of halogens is 1. The van der Waals surface area contributed by atoms with Crippen LogP contribution in [0.2, 0.25) is 0 Å². The highest BCUT2D eigenvalue weighted by molar-refractivity contribution is 5.88. The fourth-order valence-electron chi connectivity index (χ4n) is 1.04. The molecule has 0 saturated carbocycles. The van der Waals surface area contributed by atoms with Crippen molar-refractivity contribution in [3.63, 3.8) is 0 Å². The number of amides is 1. The predicted molar refractivity (Wildman–Crippen MR) is 54.7 cm³/mol. The van der Waals surface area contributed by atoms with Crippen molar-refractivity contribution < 1.29 is 14.3 Å². The summed E-state index contributed by atoms with van der Waals surface area (Å²) >= 11 is 0. The molecule has 1 aromatic rings. The van der Waals surface area contributed by atoms with Gasteiger partial charge in [-0.3, -0.25) is 4.79 Å². The van der Waals surface area contributed by atoms with E-state index in [-0.39, 0.29) is 18.1 Å². The van der Waals surface area contributed by atoms with Crippen LogP contribution in [-0.4, -0.2) is 17.6 Å². The topological polar surface area (TPSA) is 49.3 Å². The second kappa shape index (κ2) is 5.13. The summed E-state index contributed by atoms with van der Waals surface area (Å²) in [5, 5.41) is 11.0. The van der Waals surface area contributed by atoms with Crippen LogP contribution in [0.4, 0.5) is 10.1 Å². The molecule has 15 heavy (non-hydrogen) atoms. The van der Waals surface area contributed by atoms with Crippen LogP contribution < -0.4 is 5.32 Å². The first-order valence-corrected chi connectivity index (χ1v) is 4.30. The number of hydrogen-bond donors (Lipinski definition) is 2. The minimum absolute atomic E-state index is 0.148. The van der Waals surface area contributed by atoms with Gasteiger partial charge in [0.05, 0.1) is 5.56 Å². The minimum Gasteiger partial charge on any atom is -0.384 e. The summed E-state index contributed by atoms with van der Waals surface area (Å²) < 4.78 is 13.1. The average Bonchev–Trinajstić information content (AvgIpc) is 2.18. The van der Waals surface area contributed by atoms with Crippen molar-refractivity contribution in [2.45, 2.75) is 6.92 Å². The van der Waals surface area contributed by atoms with Gasteiger partial charge in [0.2, 0.25) is 5.91 Å². The van der Waals surface area contributed by atoms with Crippen LogP contribution in [0.15, 0.2) is 18.2 Å². The van der Waals surface area contributed by atoms with Crippen LogP contribution >= 0.6 is 0 Å². The van der Waals surface area contributed by atoms with Gasteiger partial charge in [0.25, 0.3) is 0 Å². The first-order valence-electron chi connectivity index (χ1n) is 4.30. The van der Waals surface area contributed by atoms with Crippen molar-refractivity contribution in [2.75, 3.05) is 11.9 Å². The number of aliphatic hydroxyl groups is 1. The first kappa shape index (κ1) is 11.2. The molecule has 2 N–H and O–H groups in total. The zero-order valence-electron chi connectivity index (χ0n) is 8.17. The Balaban J connectivity index is 2.99. The maximum atomic E-state index is 13.1. The van der Waals surface area contributed by atoms with Gasteiger partial charge >= 0.3 is 0 Å². The maximum absolute atomic E-state index is 13.1. The predicted octanol–water partition coefficient (Wildman–Crippen LogP) is 1.13. The molecule has 0 unspecified atom stereocenters. The highest BCUT2D eigenvalue weighted by atomic mass is 19.1. The van der Waals surface area contributed by atoms with Crippen LogP contribution in [-0.2, 0) is 4.79 Å². The number of carbonyl (C=O) groups is 1. The van der Waals surface area contributed by atoms with Gasteiger partial charge in [0.1, 0.15) is 12.4 Å². The largest absolute Gasteiger partial charge is 0.384 e. The molecular weight excluding hydrogens is 197 g/mol. The zero-order valence-corrected chi connectivity index (χ0v) is 8.17. The van der Waals surface area contributed by atoms with E-state index in [0.717, 1.165) is 0 Å². The monoisotopic (exact) mass is 207 g/mol. The lowest BCUT2D eigenvalue weighted by molar-refractivity contribution is -0.114. The highest BCUT2D eigenvalue weighted by Crippen LogP contribution is 2.13. The molecule has 0 radical (unpaired) electrons. The lowest BCUT2D eigenvalue weighted by Gasteiger charge is -2.02. The summed E-state index contributed by atoms with van der Waals surface area (Å²) in [5.41, 5.74) is 0.626. The van der Waals surface area contributed by atoms with Crippen molar-refractivity contribution in [3.8, 4) is 11.8 Å². The lowest BCUT2D eigenvalue weighted by atomic mass is 10.2. The van der Waals surface area contributed by atoms with Crippen molar-refractivity contribution in [2.24, 2.45) is 0 Å². The Morgan fingerprint density at radius 2 is 2.33 bits per heavy atom. The van der Waals surface area contributed by atoms with E-state index in [1.54, 1.807) is 0 Å². The fourth-order valence-corrected chi connectivity index (χ4v) is 1.04. The molecule has 4 heteroatoms. The van der Waals surface area contributed by atoms with Gasteiger partial charge in [0, 0.05) is 12.6 Å². The normalized spacial score (nSPS) is 9.00. The molecule has 0 spiro atoms. The summed E-state index contributed by atoms with van der Waals surface area (Å²) in [5.74, 6) is 4.07. The quantitative estimate of drug-likeness (QED) is 0.678. The molecule has 1 aromatic carbocycles. The van der Waals surface area contributed by atoms with Gasteiger partial charge in [-0.05, 0) is 18.2 Å². The van der Waals surface area contributed by atoms with E-state index in [1.807, 2.05) is 0 Å². The van der Waals surface area contributed by atoms with Gasteiger partial charge in [0.15, 0.2) is 0 Å². The third kappa shape index (κ3) is 3.41. The van der Waals surface area contributed by atoms with Crippen LogP contribution in [0.25, 0.3) is 0 Å². The van der Waals surface area contributed by atoms with Crippen molar-refractivity contribution in [1.82, 2.24) is 0 Å². The molecule has 0 aromatic heterocycles. The number of aliphatic hydroxyl groups excluding tert-OH is 1. The molecule has 1 rings (SSSR count). The molecule has 0 saturated heterocycles. The number of benzene rings is 1. The SMILES string of the molecule is CC(=O)Nc1ccc(F)c(C#CCO)c1. The molecule has 0 aliphatic heterocycles. The smallest absolute Gasteiger partial charge is 0.221 e. The molecule has 0 aliphatic rings. The third-order valence-electron chi connectivity index (χ3n) is 1.59. The van der Waals surface area contributed by atoms with Crippen molar-refractivity contribution in [1.29, 1.82) is 0 Å². The number of rotatable bonds is 1. The highest BCUT2D eigenvalue weighted by Gasteiger charge is 2.01. The maximum Gasteiger partial charge on any atom is 0.221 e. The van der Waals surface area contributed by atoms with Crippen LogP contribution in [0.1, 0.15) is 12.5 Å². The molecule has 78 valence electrons. The molecule has 0 fully saturated rings. The Kier molecular flexibility index (Phi) is 3.83. The third-order valence-corrected chi connectivity index (χ3v) is 1.59. The standard InChI is InChI=1S/C11H10FNO2/c1-8(15)13-10-4-5-11(12)9(7-10)3-2-6-14/h4-5,7,14H,6H2,1H3,(H,13,15). The molecule has 0 heterocycles. The molecule has 0 bridgehead atoms. The summed E-state index contributed by atoms with van der Waals surface area (Å²) in [6.45, 7) is 1.03. The van der Waals surface area contributed by atoms with E-state index >= 15 is 0 Å². The summed E-state index contributed by atoms with van der Waals surface area (Å²) in [7, 11) is 0. The summed E-state index contributed by atoms with van der Waals surface area (Å²) in [6, 6.07) is 4.08. The van der Waals surface area contributed by atoms with E-state index in [4.69, 9.17) is 5.11 Å². The fraction of sp³-hybridized carbons (Fsp3) is 0.182. The van der Waals surface area contributed by atoms with E-state index in [0.29, 0.717) is 5.69 Å². The van der Waals surface area contributed by atoms with Crippen LogP contribution in [0, 0.1) is 17.7 Å². The first-order chi connectivity index (χ1) is 7.13. The second-order valence-corrected chi connectivity index (χ2v) is 2.84. The van der Waals surface area contributed by atoms with E-state index < -0.39 is 5.82 Å². The van der Waals surface area contributed by atoms with Gasteiger partial charge < -0.3 is 10.4 Å². The lowest BCUT2D eigenvalue weighted by Crippen LogP contribution is -2.06. The Morgan fingerprint density at radius 1 is 1.60 bits per heavy atom. The summed E-state index contributed by atoms with van der Waals surface area (Å²) in [6.07, 6.45) is 0.